The molecule has 0 aliphatic rings. The summed E-state index contributed by atoms with van der Waals surface area (Å²) in [4.78, 5) is 0. The molecule has 0 spiro atoms. The normalized spacial score (nSPS) is 10.9. The maximum atomic E-state index is 5.28. The zero-order valence-electron chi connectivity index (χ0n) is 8.61. The summed E-state index contributed by atoms with van der Waals surface area (Å²) in [5, 5.41) is 4.18. The second-order valence-electron chi connectivity index (χ2n) is 3.09. The Morgan fingerprint density at radius 3 is 2.94 bits per heavy atom. The number of nitrogens with one attached hydrogen (secondary N) is 1. The molecule has 1 aromatic carbocycles. The van der Waals surface area contributed by atoms with Gasteiger partial charge in [-0.1, -0.05) is 34.6 Å². The van der Waals surface area contributed by atoms with E-state index in [2.05, 4.69) is 45.3 Å². The van der Waals surface area contributed by atoms with Crippen LogP contribution in [0.5, 0.6) is 0 Å². The number of benzene rings is 1. The van der Waals surface area contributed by atoms with E-state index in [0.29, 0.717) is 6.42 Å². The molecule has 0 aliphatic heterocycles. The second kappa shape index (κ2) is 6.40. The topological polar surface area (TPSA) is 50.4 Å². The molecule has 0 saturated heterocycles. The van der Waals surface area contributed by atoms with E-state index in [-0.39, 0.29) is 5.11 Å². The largest absolute Gasteiger partial charge is 0.375 e. The highest BCUT2D eigenvalue weighted by Gasteiger charge is 1.98. The summed E-state index contributed by atoms with van der Waals surface area (Å²) in [6.07, 6.45) is 2.35. The molecule has 1 aromatic rings. The molecule has 0 amide bonds. The third-order valence-electron chi connectivity index (χ3n) is 1.82. The molecule has 0 unspecified atom stereocenters. The zero-order chi connectivity index (χ0) is 12.0. The summed E-state index contributed by atoms with van der Waals surface area (Å²) in [5.74, 6) is 0. The lowest BCUT2D eigenvalue weighted by Gasteiger charge is -2.03. The number of hydrogen-bond donors (Lipinski definition) is 2. The molecule has 5 heteroatoms. The van der Waals surface area contributed by atoms with Gasteiger partial charge in [-0.3, -0.25) is 5.43 Å². The van der Waals surface area contributed by atoms with Gasteiger partial charge in [-0.2, -0.15) is 5.10 Å². The molecule has 16 heavy (non-hydrogen) atoms. The maximum Gasteiger partial charge on any atom is 0.184 e. The van der Waals surface area contributed by atoms with Gasteiger partial charge in [-0.25, -0.2) is 0 Å². The molecule has 0 saturated carbocycles. The Labute approximate surface area is 109 Å². The number of rotatable bonds is 4. The minimum atomic E-state index is 0.147. The number of nitrogens with zero attached hydrogens (tertiary/aromatic N) is 1. The summed E-state index contributed by atoms with van der Waals surface area (Å²) in [6, 6.07) is 7.99. The molecular formula is C11H12BrN3S. The van der Waals surface area contributed by atoms with Crippen LogP contribution in [0.3, 0.4) is 0 Å². The Kier molecular flexibility index (Phi) is 5.14. The van der Waals surface area contributed by atoms with E-state index in [0.717, 1.165) is 15.7 Å². The SMILES string of the molecule is C=CC(Cc1cccc(Br)c1)=NNC(N)=S. The molecule has 0 fully saturated rings. The molecule has 3 N–H and O–H groups in total. The van der Waals surface area contributed by atoms with E-state index in [1.54, 1.807) is 6.08 Å². The van der Waals surface area contributed by atoms with Crippen molar-refractivity contribution in [3.8, 4) is 0 Å². The molecule has 0 aromatic heterocycles. The minimum Gasteiger partial charge on any atom is -0.375 e. The van der Waals surface area contributed by atoms with Crippen molar-refractivity contribution in [1.82, 2.24) is 5.43 Å². The Morgan fingerprint density at radius 1 is 1.62 bits per heavy atom. The fraction of sp³-hybridized carbons (Fsp3) is 0.0909. The number of halogens is 1. The first kappa shape index (κ1) is 12.9. The van der Waals surface area contributed by atoms with Crippen LogP contribution in [0.25, 0.3) is 0 Å². The van der Waals surface area contributed by atoms with Crippen molar-refractivity contribution in [3.05, 3.63) is 47.0 Å². The summed E-state index contributed by atoms with van der Waals surface area (Å²) in [7, 11) is 0. The van der Waals surface area contributed by atoms with Crippen molar-refractivity contribution in [2.45, 2.75) is 6.42 Å². The van der Waals surface area contributed by atoms with Crippen molar-refractivity contribution in [3.63, 3.8) is 0 Å². The molecule has 0 radical (unpaired) electrons. The van der Waals surface area contributed by atoms with E-state index in [9.17, 15) is 0 Å². The Morgan fingerprint density at radius 2 is 2.38 bits per heavy atom. The first-order valence-electron chi connectivity index (χ1n) is 4.60. The van der Waals surface area contributed by atoms with Crippen LogP contribution in [0.15, 0.2) is 46.5 Å². The number of thiocarbonyl (C=S) groups is 1. The lowest BCUT2D eigenvalue weighted by molar-refractivity contribution is 1.02. The number of allylic oxidation sites excluding steroid dienone is 1. The highest BCUT2D eigenvalue weighted by atomic mass is 79.9. The number of hydrazone groups is 1. The predicted molar refractivity (Wildman–Crippen MR) is 75.4 cm³/mol. The molecule has 0 heterocycles. The van der Waals surface area contributed by atoms with Crippen molar-refractivity contribution < 1.29 is 0 Å². The van der Waals surface area contributed by atoms with Crippen molar-refractivity contribution in [1.29, 1.82) is 0 Å². The van der Waals surface area contributed by atoms with Gasteiger partial charge in [-0.15, -0.1) is 0 Å². The minimum absolute atomic E-state index is 0.147. The predicted octanol–water partition coefficient (Wildman–Crippen LogP) is 2.37. The Balaban J connectivity index is 2.73. The summed E-state index contributed by atoms with van der Waals surface area (Å²) in [5.41, 5.74) is 9.75. The summed E-state index contributed by atoms with van der Waals surface area (Å²) < 4.78 is 1.04. The van der Waals surface area contributed by atoms with Gasteiger partial charge in [0.15, 0.2) is 5.11 Å². The Hall–Kier alpha value is -1.20. The highest BCUT2D eigenvalue weighted by molar-refractivity contribution is 9.10. The van der Waals surface area contributed by atoms with Gasteiger partial charge in [0.2, 0.25) is 0 Å². The average Bonchev–Trinajstić information content (AvgIpc) is 2.24. The maximum absolute atomic E-state index is 5.28. The van der Waals surface area contributed by atoms with Crippen molar-refractivity contribution in [2.75, 3.05) is 0 Å². The van der Waals surface area contributed by atoms with Gasteiger partial charge in [0.1, 0.15) is 0 Å². The zero-order valence-corrected chi connectivity index (χ0v) is 11.0. The lowest BCUT2D eigenvalue weighted by Crippen LogP contribution is -2.25. The van der Waals surface area contributed by atoms with E-state index in [1.165, 1.54) is 0 Å². The van der Waals surface area contributed by atoms with Crippen LogP contribution in [0.1, 0.15) is 5.56 Å². The van der Waals surface area contributed by atoms with Gasteiger partial charge in [0.25, 0.3) is 0 Å². The van der Waals surface area contributed by atoms with Crippen LogP contribution in [0.2, 0.25) is 0 Å². The molecule has 3 nitrogen and oxygen atoms in total. The van der Waals surface area contributed by atoms with Gasteiger partial charge in [0, 0.05) is 10.9 Å². The fourth-order valence-electron chi connectivity index (χ4n) is 1.14. The smallest absolute Gasteiger partial charge is 0.184 e. The van der Waals surface area contributed by atoms with Gasteiger partial charge in [0.05, 0.1) is 5.71 Å². The third kappa shape index (κ3) is 4.55. The van der Waals surface area contributed by atoms with E-state index >= 15 is 0 Å². The fourth-order valence-corrected chi connectivity index (χ4v) is 1.63. The van der Waals surface area contributed by atoms with Crippen LogP contribution < -0.4 is 11.2 Å². The molecular weight excluding hydrogens is 286 g/mol. The third-order valence-corrected chi connectivity index (χ3v) is 2.40. The average molecular weight is 298 g/mol. The summed E-state index contributed by atoms with van der Waals surface area (Å²) >= 11 is 8.08. The molecule has 0 bridgehead atoms. The second-order valence-corrected chi connectivity index (χ2v) is 4.45. The van der Waals surface area contributed by atoms with Gasteiger partial charge >= 0.3 is 0 Å². The highest BCUT2D eigenvalue weighted by Crippen LogP contribution is 2.12. The first-order chi connectivity index (χ1) is 7.61. The molecule has 0 aliphatic carbocycles. The molecule has 1 rings (SSSR count). The summed E-state index contributed by atoms with van der Waals surface area (Å²) in [6.45, 7) is 3.69. The van der Waals surface area contributed by atoms with Crippen LogP contribution >= 0.6 is 28.1 Å². The van der Waals surface area contributed by atoms with Crippen LogP contribution in [0, 0.1) is 0 Å². The number of nitrogens with two attached hydrogens (primary N) is 1. The molecule has 84 valence electrons. The van der Waals surface area contributed by atoms with E-state index < -0.39 is 0 Å². The lowest BCUT2D eigenvalue weighted by atomic mass is 10.1. The van der Waals surface area contributed by atoms with E-state index in [1.807, 2.05) is 24.3 Å². The molecule has 0 atom stereocenters. The first-order valence-corrected chi connectivity index (χ1v) is 5.81. The van der Waals surface area contributed by atoms with Crippen LogP contribution in [0.4, 0.5) is 0 Å². The van der Waals surface area contributed by atoms with Gasteiger partial charge < -0.3 is 5.73 Å². The van der Waals surface area contributed by atoms with Crippen LogP contribution in [-0.4, -0.2) is 10.8 Å². The quantitative estimate of drug-likeness (QED) is 0.510. The monoisotopic (exact) mass is 297 g/mol. The number of hydrogen-bond acceptors (Lipinski definition) is 2. The van der Waals surface area contributed by atoms with Crippen molar-refractivity contribution >= 4 is 39.0 Å². The van der Waals surface area contributed by atoms with Gasteiger partial charge in [-0.05, 0) is 36.0 Å². The van der Waals surface area contributed by atoms with Crippen LogP contribution in [-0.2, 0) is 6.42 Å². The Bertz CT molecular complexity index is 429. The standard InChI is InChI=1S/C11H12BrN3S/c1-2-10(14-15-11(13)16)7-8-4-3-5-9(12)6-8/h2-6H,1,7H2,(H3,13,15,16). The van der Waals surface area contributed by atoms with Crippen molar-refractivity contribution in [2.24, 2.45) is 10.8 Å². The van der Waals surface area contributed by atoms with E-state index in [4.69, 9.17) is 5.73 Å².